The van der Waals surface area contributed by atoms with Crippen LogP contribution in [0.1, 0.15) is 5.69 Å². The predicted molar refractivity (Wildman–Crippen MR) is 51.1 cm³/mol. The summed E-state index contributed by atoms with van der Waals surface area (Å²) in [6.07, 6.45) is 3.81. The lowest BCUT2D eigenvalue weighted by molar-refractivity contribution is 0.833. The van der Waals surface area contributed by atoms with Crippen molar-refractivity contribution in [3.63, 3.8) is 0 Å². The summed E-state index contributed by atoms with van der Waals surface area (Å²) in [7, 11) is 3.93. The Morgan fingerprint density at radius 1 is 1.50 bits per heavy atom. The van der Waals surface area contributed by atoms with Gasteiger partial charge in [-0.1, -0.05) is 11.6 Å². The van der Waals surface area contributed by atoms with E-state index in [9.17, 15) is 0 Å². The highest BCUT2D eigenvalue weighted by Crippen LogP contribution is 2.25. The summed E-state index contributed by atoms with van der Waals surface area (Å²) in [5.41, 5.74) is 1.97. The molecule has 0 spiro atoms. The number of aryl methyl sites for hydroxylation is 1. The number of anilines is 1. The average molecular weight is 184 g/mol. The third-order valence-electron chi connectivity index (χ3n) is 2.12. The number of nitrogens with zero attached hydrogens (tertiary/aromatic N) is 3. The molecule has 12 heavy (non-hydrogen) atoms. The van der Waals surface area contributed by atoms with Crippen LogP contribution in [0.2, 0.25) is 0 Å². The third-order valence-corrected chi connectivity index (χ3v) is 2.52. The van der Waals surface area contributed by atoms with Crippen LogP contribution in [-0.2, 0) is 7.05 Å². The molecule has 0 aromatic carbocycles. The minimum atomic E-state index is -0.264. The first kappa shape index (κ1) is 7.68. The molecule has 1 aromatic rings. The Labute approximate surface area is 76.3 Å². The predicted octanol–water partition coefficient (Wildman–Crippen LogP) is 1.42. The Hall–Kier alpha value is -0.960. The summed E-state index contributed by atoms with van der Waals surface area (Å²) < 4.78 is 2.03. The summed E-state index contributed by atoms with van der Waals surface area (Å²) in [5, 5.41) is 0. The molecule has 1 aliphatic heterocycles. The maximum atomic E-state index is 5.92. The van der Waals surface area contributed by atoms with Crippen LogP contribution in [-0.4, -0.2) is 23.5 Å². The smallest absolute Gasteiger partial charge is 0.197 e. The number of rotatable bonds is 0. The van der Waals surface area contributed by atoms with Gasteiger partial charge in [0.25, 0.3) is 0 Å². The fourth-order valence-electron chi connectivity index (χ4n) is 1.33. The van der Waals surface area contributed by atoms with Crippen LogP contribution < -0.4 is 4.90 Å². The molecule has 0 N–H and O–H groups in total. The second kappa shape index (κ2) is 2.52. The monoisotopic (exact) mass is 183 g/mol. The number of alkyl halides is 1. The summed E-state index contributed by atoms with van der Waals surface area (Å²) in [6.45, 7) is 0. The first-order valence-electron chi connectivity index (χ1n) is 3.75. The quantitative estimate of drug-likeness (QED) is 0.440. The Bertz CT molecular complexity index is 329. The molecule has 0 fully saturated rings. The van der Waals surface area contributed by atoms with E-state index in [2.05, 4.69) is 4.99 Å². The van der Waals surface area contributed by atoms with E-state index in [0.29, 0.717) is 0 Å². The normalized spacial score (nSPS) is 21.2. The van der Waals surface area contributed by atoms with Gasteiger partial charge in [0.1, 0.15) is 0 Å². The molecule has 1 aliphatic rings. The number of aliphatic imine (C=N–C) groups is 1. The molecule has 64 valence electrons. The molecule has 0 aliphatic carbocycles. The number of hydrogen-bond donors (Lipinski definition) is 0. The van der Waals surface area contributed by atoms with Crippen molar-refractivity contribution < 1.29 is 0 Å². The van der Waals surface area contributed by atoms with Crippen molar-refractivity contribution in [2.75, 3.05) is 11.9 Å². The van der Waals surface area contributed by atoms with E-state index in [-0.39, 0.29) is 5.62 Å². The van der Waals surface area contributed by atoms with Crippen molar-refractivity contribution in [1.82, 2.24) is 4.57 Å². The maximum absolute atomic E-state index is 5.92. The van der Waals surface area contributed by atoms with Crippen LogP contribution in [0.3, 0.4) is 0 Å². The van der Waals surface area contributed by atoms with Gasteiger partial charge >= 0.3 is 0 Å². The van der Waals surface area contributed by atoms with E-state index in [1.807, 2.05) is 42.0 Å². The lowest BCUT2D eigenvalue weighted by Gasteiger charge is -2.25. The van der Waals surface area contributed by atoms with E-state index in [1.165, 1.54) is 0 Å². The Balaban J connectivity index is 2.53. The zero-order valence-corrected chi connectivity index (χ0v) is 7.78. The molecular weight excluding hydrogens is 174 g/mol. The van der Waals surface area contributed by atoms with Gasteiger partial charge in [0.2, 0.25) is 0 Å². The molecule has 0 saturated heterocycles. The molecule has 1 unspecified atom stereocenters. The van der Waals surface area contributed by atoms with Gasteiger partial charge in [0.05, 0.1) is 17.6 Å². The van der Waals surface area contributed by atoms with Crippen molar-refractivity contribution in [3.05, 3.63) is 18.0 Å². The minimum absolute atomic E-state index is 0.264. The molecule has 2 rings (SSSR count). The number of halogens is 1. The minimum Gasteiger partial charge on any atom is -0.348 e. The largest absolute Gasteiger partial charge is 0.348 e. The van der Waals surface area contributed by atoms with Crippen LogP contribution in [0, 0.1) is 0 Å². The van der Waals surface area contributed by atoms with E-state index in [4.69, 9.17) is 11.6 Å². The Morgan fingerprint density at radius 2 is 2.25 bits per heavy atom. The fraction of sp³-hybridized carbons (Fsp3) is 0.375. The van der Waals surface area contributed by atoms with Crippen LogP contribution >= 0.6 is 11.6 Å². The van der Waals surface area contributed by atoms with E-state index >= 15 is 0 Å². The molecule has 1 atom stereocenters. The van der Waals surface area contributed by atoms with E-state index < -0.39 is 0 Å². The van der Waals surface area contributed by atoms with Gasteiger partial charge in [-0.15, -0.1) is 0 Å². The number of hydrogen-bond acceptors (Lipinski definition) is 2. The van der Waals surface area contributed by atoms with Gasteiger partial charge < -0.3 is 9.47 Å². The van der Waals surface area contributed by atoms with Gasteiger partial charge in [-0.3, -0.25) is 4.99 Å². The van der Waals surface area contributed by atoms with Gasteiger partial charge in [-0.25, -0.2) is 0 Å². The summed E-state index contributed by atoms with van der Waals surface area (Å²) in [4.78, 5) is 6.07. The van der Waals surface area contributed by atoms with Crippen molar-refractivity contribution in [2.24, 2.45) is 12.0 Å². The van der Waals surface area contributed by atoms with Gasteiger partial charge in [-0.2, -0.15) is 0 Å². The van der Waals surface area contributed by atoms with Crippen molar-refractivity contribution in [2.45, 2.75) is 5.62 Å². The summed E-state index contributed by atoms with van der Waals surface area (Å²) in [6, 6.07) is 2.04. The SMILES string of the molecule is CN1c2ccn(C)c2C=NC1Cl. The van der Waals surface area contributed by atoms with Crippen LogP contribution in [0.5, 0.6) is 0 Å². The summed E-state index contributed by atoms with van der Waals surface area (Å²) >= 11 is 5.92. The highest BCUT2D eigenvalue weighted by Gasteiger charge is 2.19. The standard InChI is InChI=1S/C8H10ClN3/c1-11-4-3-6-7(11)5-10-8(9)12(6)2/h3-5,8H,1-2H3. The molecule has 0 amide bonds. The van der Waals surface area contributed by atoms with Crippen LogP contribution in [0.4, 0.5) is 5.69 Å². The fourth-order valence-corrected chi connectivity index (χ4v) is 1.49. The van der Waals surface area contributed by atoms with E-state index in [1.54, 1.807) is 0 Å². The molecule has 0 saturated carbocycles. The van der Waals surface area contributed by atoms with Gasteiger partial charge in [-0.05, 0) is 6.07 Å². The lowest BCUT2D eigenvalue weighted by Crippen LogP contribution is -2.28. The second-order valence-corrected chi connectivity index (χ2v) is 3.29. The van der Waals surface area contributed by atoms with Gasteiger partial charge in [0.15, 0.2) is 5.62 Å². The molecule has 3 nitrogen and oxygen atoms in total. The molecule has 0 radical (unpaired) electrons. The van der Waals surface area contributed by atoms with E-state index in [0.717, 1.165) is 11.4 Å². The van der Waals surface area contributed by atoms with Gasteiger partial charge in [0, 0.05) is 20.3 Å². The first-order chi connectivity index (χ1) is 5.70. The highest BCUT2D eigenvalue weighted by atomic mass is 35.5. The average Bonchev–Trinajstić information content (AvgIpc) is 2.41. The first-order valence-corrected chi connectivity index (χ1v) is 4.19. The molecule has 4 heteroatoms. The van der Waals surface area contributed by atoms with Crippen molar-refractivity contribution in [1.29, 1.82) is 0 Å². The Kier molecular flexibility index (Phi) is 1.61. The molecule has 1 aromatic heterocycles. The second-order valence-electron chi connectivity index (χ2n) is 2.90. The Morgan fingerprint density at radius 3 is 3.00 bits per heavy atom. The molecule has 0 bridgehead atoms. The summed E-state index contributed by atoms with van der Waals surface area (Å²) in [5.74, 6) is 0. The molecule has 2 heterocycles. The maximum Gasteiger partial charge on any atom is 0.197 e. The lowest BCUT2D eigenvalue weighted by atomic mass is 10.3. The zero-order chi connectivity index (χ0) is 8.72. The number of fused-ring (bicyclic) bond motifs is 1. The van der Waals surface area contributed by atoms with Crippen LogP contribution in [0.15, 0.2) is 17.3 Å². The van der Waals surface area contributed by atoms with Crippen LogP contribution in [0.25, 0.3) is 0 Å². The third kappa shape index (κ3) is 0.932. The topological polar surface area (TPSA) is 20.5 Å². The molecular formula is C8H10ClN3. The highest BCUT2D eigenvalue weighted by molar-refractivity contribution is 6.22. The number of aromatic nitrogens is 1. The van der Waals surface area contributed by atoms with Crippen molar-refractivity contribution >= 4 is 23.5 Å². The zero-order valence-electron chi connectivity index (χ0n) is 7.03. The van der Waals surface area contributed by atoms with Crippen molar-refractivity contribution in [3.8, 4) is 0 Å².